The highest BCUT2D eigenvalue weighted by Crippen LogP contribution is 2.33. The van der Waals surface area contributed by atoms with Gasteiger partial charge in [0.05, 0.1) is 29.9 Å². The van der Waals surface area contributed by atoms with Crippen molar-refractivity contribution in [2.45, 2.75) is 38.0 Å². The van der Waals surface area contributed by atoms with E-state index in [1.165, 1.54) is 42.6 Å². The average molecular weight is 607 g/mol. The summed E-state index contributed by atoms with van der Waals surface area (Å²) in [5.41, 5.74) is 0.918. The largest absolute Gasteiger partial charge is 0.493 e. The third-order valence-electron chi connectivity index (χ3n) is 6.84. The van der Waals surface area contributed by atoms with Gasteiger partial charge in [0, 0.05) is 16.0 Å². The van der Waals surface area contributed by atoms with Gasteiger partial charge < -0.3 is 14.8 Å². The molecule has 4 aromatic rings. The van der Waals surface area contributed by atoms with Gasteiger partial charge in [0.1, 0.15) is 11.6 Å². The molecule has 1 saturated carbocycles. The van der Waals surface area contributed by atoms with Gasteiger partial charge in [-0.2, -0.15) is 9.78 Å². The van der Waals surface area contributed by atoms with Crippen molar-refractivity contribution >= 4 is 44.6 Å². The smallest absolute Gasteiger partial charge is 0.282 e. The Labute approximate surface area is 239 Å². The molecule has 1 heterocycles. The van der Waals surface area contributed by atoms with Crippen molar-refractivity contribution in [2.75, 3.05) is 19.0 Å². The molecular formula is C30H28BrFN4O4. The number of carbonyl (C=O) groups excluding carboxylic acids is 1. The van der Waals surface area contributed by atoms with Crippen LogP contribution in [0.2, 0.25) is 0 Å². The van der Waals surface area contributed by atoms with Crippen molar-refractivity contribution in [3.8, 4) is 11.5 Å². The molecule has 1 aliphatic carbocycles. The number of nitrogens with zero attached hydrogens (tertiary/aromatic N) is 3. The summed E-state index contributed by atoms with van der Waals surface area (Å²) in [4.78, 5) is 31.0. The number of hydrogen-bond donors (Lipinski definition) is 1. The standard InChI is InChI=1S/C30H28BrFN4O4/c1-39-26-13-7-10-20(28(26)40-18-27(37)34-25-12-6-5-11-23(25)32)17-33-36-29(19-8-3-2-4-9-19)35-24-15-14-21(31)16-22(24)30(36)38/h5-7,10-17,19H,2-4,8-9,18H2,1H3,(H,34,37). The first-order chi connectivity index (χ1) is 19.4. The Morgan fingerprint density at radius 1 is 1.15 bits per heavy atom. The predicted octanol–water partition coefficient (Wildman–Crippen LogP) is 6.25. The molecule has 0 unspecified atom stereocenters. The number of benzene rings is 3. The number of ether oxygens (including phenoxy) is 2. The Balaban J connectivity index is 1.48. The van der Waals surface area contributed by atoms with Crippen molar-refractivity contribution in [2.24, 2.45) is 5.10 Å². The van der Waals surface area contributed by atoms with Crippen LogP contribution in [0.4, 0.5) is 10.1 Å². The molecule has 1 aliphatic rings. The Morgan fingerprint density at radius 2 is 1.95 bits per heavy atom. The molecule has 0 radical (unpaired) electrons. The highest BCUT2D eigenvalue weighted by molar-refractivity contribution is 9.10. The topological polar surface area (TPSA) is 94.8 Å². The van der Waals surface area contributed by atoms with Crippen LogP contribution in [0.1, 0.15) is 49.4 Å². The van der Waals surface area contributed by atoms with E-state index in [1.807, 2.05) is 12.1 Å². The van der Waals surface area contributed by atoms with E-state index in [0.29, 0.717) is 28.0 Å². The zero-order valence-electron chi connectivity index (χ0n) is 21.9. The Morgan fingerprint density at radius 3 is 2.73 bits per heavy atom. The van der Waals surface area contributed by atoms with Crippen molar-refractivity contribution in [1.82, 2.24) is 9.66 Å². The monoisotopic (exact) mass is 606 g/mol. The van der Waals surface area contributed by atoms with E-state index >= 15 is 0 Å². The lowest BCUT2D eigenvalue weighted by molar-refractivity contribution is -0.118. The first kappa shape index (κ1) is 27.5. The van der Waals surface area contributed by atoms with E-state index in [9.17, 15) is 14.0 Å². The van der Waals surface area contributed by atoms with Gasteiger partial charge in [-0.3, -0.25) is 9.59 Å². The number of carbonyl (C=O) groups is 1. The number of methoxy groups -OCH3 is 1. The van der Waals surface area contributed by atoms with Gasteiger partial charge >= 0.3 is 0 Å². The molecule has 0 atom stereocenters. The quantitative estimate of drug-likeness (QED) is 0.239. The van der Waals surface area contributed by atoms with Gasteiger partial charge in [0.15, 0.2) is 18.1 Å². The molecule has 1 fully saturated rings. The maximum Gasteiger partial charge on any atom is 0.282 e. The van der Waals surface area contributed by atoms with Crippen LogP contribution in [0.25, 0.3) is 10.9 Å². The highest BCUT2D eigenvalue weighted by Gasteiger charge is 2.23. The number of halogens is 2. The fourth-order valence-electron chi connectivity index (χ4n) is 4.86. The second kappa shape index (κ2) is 12.4. The zero-order valence-corrected chi connectivity index (χ0v) is 23.5. The van der Waals surface area contributed by atoms with Crippen LogP contribution in [0.5, 0.6) is 11.5 Å². The molecule has 5 rings (SSSR count). The number of anilines is 1. The second-order valence-corrected chi connectivity index (χ2v) is 10.4. The summed E-state index contributed by atoms with van der Waals surface area (Å²) in [6.07, 6.45) is 6.70. The van der Waals surface area contributed by atoms with E-state index < -0.39 is 18.3 Å². The Hall–Kier alpha value is -4.05. The summed E-state index contributed by atoms with van der Waals surface area (Å²) < 4.78 is 27.4. The van der Waals surface area contributed by atoms with E-state index in [2.05, 4.69) is 26.3 Å². The lowest BCUT2D eigenvalue weighted by Crippen LogP contribution is -2.25. The molecule has 10 heteroatoms. The molecule has 0 saturated heterocycles. The molecule has 8 nitrogen and oxygen atoms in total. The first-order valence-electron chi connectivity index (χ1n) is 13.1. The summed E-state index contributed by atoms with van der Waals surface area (Å²) in [5.74, 6) is 0.305. The molecule has 1 N–H and O–H groups in total. The van der Waals surface area contributed by atoms with E-state index in [1.54, 1.807) is 30.3 Å². The predicted molar refractivity (Wildman–Crippen MR) is 156 cm³/mol. The summed E-state index contributed by atoms with van der Waals surface area (Å²) in [5, 5.41) is 7.54. The van der Waals surface area contributed by atoms with E-state index in [-0.39, 0.29) is 22.9 Å². The molecule has 1 aromatic heterocycles. The minimum Gasteiger partial charge on any atom is -0.493 e. The molecule has 0 spiro atoms. The fourth-order valence-corrected chi connectivity index (χ4v) is 5.22. The van der Waals surface area contributed by atoms with Crippen molar-refractivity contribution in [3.05, 3.63) is 92.7 Å². The number of para-hydroxylation sites is 2. The van der Waals surface area contributed by atoms with Crippen LogP contribution >= 0.6 is 15.9 Å². The van der Waals surface area contributed by atoms with Crippen LogP contribution in [-0.2, 0) is 4.79 Å². The normalized spacial score (nSPS) is 14.0. The minimum absolute atomic E-state index is 0.0583. The zero-order chi connectivity index (χ0) is 28.1. The van der Waals surface area contributed by atoms with E-state index in [4.69, 9.17) is 14.5 Å². The second-order valence-electron chi connectivity index (χ2n) is 9.52. The molecule has 0 bridgehead atoms. The lowest BCUT2D eigenvalue weighted by atomic mass is 9.88. The summed E-state index contributed by atoms with van der Waals surface area (Å²) >= 11 is 3.44. The van der Waals surface area contributed by atoms with Crippen LogP contribution in [0.15, 0.2) is 75.0 Å². The summed E-state index contributed by atoms with van der Waals surface area (Å²) in [7, 11) is 1.49. The number of amides is 1. The number of hydrogen-bond acceptors (Lipinski definition) is 6. The van der Waals surface area contributed by atoms with Crippen molar-refractivity contribution in [1.29, 1.82) is 0 Å². The molecule has 1 amide bonds. The number of fused-ring (bicyclic) bond motifs is 1. The molecule has 206 valence electrons. The number of nitrogens with one attached hydrogen (secondary N) is 1. The van der Waals surface area contributed by atoms with Crippen LogP contribution in [0, 0.1) is 5.82 Å². The molecule has 40 heavy (non-hydrogen) atoms. The molecule has 3 aromatic carbocycles. The van der Waals surface area contributed by atoms with Crippen LogP contribution < -0.4 is 20.3 Å². The van der Waals surface area contributed by atoms with Gasteiger partial charge in [-0.1, -0.05) is 53.4 Å². The number of aromatic nitrogens is 2. The summed E-state index contributed by atoms with van der Waals surface area (Å²) in [6.45, 7) is -0.394. The first-order valence-corrected chi connectivity index (χ1v) is 13.8. The van der Waals surface area contributed by atoms with Crippen LogP contribution in [0.3, 0.4) is 0 Å². The van der Waals surface area contributed by atoms with Gasteiger partial charge in [0.2, 0.25) is 0 Å². The average Bonchev–Trinajstić information content (AvgIpc) is 2.97. The minimum atomic E-state index is -0.545. The van der Waals surface area contributed by atoms with Crippen molar-refractivity contribution in [3.63, 3.8) is 0 Å². The Bertz CT molecular complexity index is 1630. The van der Waals surface area contributed by atoms with Gasteiger partial charge in [-0.15, -0.1) is 0 Å². The number of rotatable bonds is 8. The van der Waals surface area contributed by atoms with Gasteiger partial charge in [-0.25, -0.2) is 9.37 Å². The SMILES string of the molecule is COc1cccc(C=Nn2c(C3CCCCC3)nc3ccc(Br)cc3c2=O)c1OCC(=O)Nc1ccccc1F. The molecular weight excluding hydrogens is 579 g/mol. The maximum absolute atomic E-state index is 13.9. The van der Waals surface area contributed by atoms with Crippen molar-refractivity contribution < 1.29 is 18.7 Å². The maximum atomic E-state index is 13.9. The van der Waals surface area contributed by atoms with Gasteiger partial charge in [0.25, 0.3) is 11.5 Å². The third-order valence-corrected chi connectivity index (χ3v) is 7.33. The fraction of sp³-hybridized carbons (Fsp3) is 0.267. The highest BCUT2D eigenvalue weighted by atomic mass is 79.9. The molecule has 0 aliphatic heterocycles. The lowest BCUT2D eigenvalue weighted by Gasteiger charge is -2.22. The Kier molecular flexibility index (Phi) is 8.54. The summed E-state index contributed by atoms with van der Waals surface area (Å²) in [6, 6.07) is 16.5. The van der Waals surface area contributed by atoms with Gasteiger partial charge in [-0.05, 0) is 55.3 Å². The van der Waals surface area contributed by atoms with Crippen LogP contribution in [-0.4, -0.2) is 35.5 Å². The van der Waals surface area contributed by atoms with E-state index in [0.717, 1.165) is 30.2 Å². The third kappa shape index (κ3) is 6.07.